The van der Waals surface area contributed by atoms with Gasteiger partial charge in [-0.3, -0.25) is 0 Å². The molecule has 2 aliphatic rings. The van der Waals surface area contributed by atoms with Gasteiger partial charge in [0.25, 0.3) is 0 Å². The molecule has 10 rings (SSSR count). The molecular weight excluding hydrogens is 782 g/mol. The Labute approximate surface area is 389 Å². The Hall–Kier alpha value is -6.38. The van der Waals surface area contributed by atoms with Crippen molar-refractivity contribution in [1.29, 1.82) is 0 Å². The molecule has 65 heavy (non-hydrogen) atoms. The highest BCUT2D eigenvalue weighted by Gasteiger charge is 2.38. The van der Waals surface area contributed by atoms with Crippen LogP contribution in [0.5, 0.6) is 0 Å². The van der Waals surface area contributed by atoms with Crippen molar-refractivity contribution in [1.82, 2.24) is 0 Å². The monoisotopic (exact) mass is 843 g/mol. The van der Waals surface area contributed by atoms with Crippen LogP contribution in [0.3, 0.4) is 0 Å². The second-order valence-electron chi connectivity index (χ2n) is 20.5. The van der Waals surface area contributed by atoms with Gasteiger partial charge in [0.2, 0.25) is 6.71 Å². The standard InChI is InChI=1S/C63H62BN/c1-40-33-42(3)60(43(4)34-40)64(61-44(5)35-41(2)36-45(61)6)48-26-31-54-53-30-25-47(37-57(53)63(9,10)58(54)38-48)18-16-17-46-23-27-50(28-24-46)65(49-19-12-11-13-20-49)51-29-32-55-52-21-14-15-22-56(52)62(7,8)59(55)39-51/h11-15,19-39H,16-18H2,1-10H3. The Morgan fingerprint density at radius 1 is 0.385 bits per heavy atom. The third-order valence-electron chi connectivity index (χ3n) is 15.1. The number of aryl methyl sites for hydroxylation is 8. The summed E-state index contributed by atoms with van der Waals surface area (Å²) in [6.45, 7) is 23.4. The third kappa shape index (κ3) is 7.36. The molecule has 8 aromatic rings. The first kappa shape index (κ1) is 42.6. The quantitative estimate of drug-likeness (QED) is 0.124. The number of nitrogens with zero attached hydrogens (tertiary/aromatic N) is 1. The van der Waals surface area contributed by atoms with Crippen LogP contribution in [0.1, 0.15) is 101 Å². The second-order valence-corrected chi connectivity index (χ2v) is 20.5. The van der Waals surface area contributed by atoms with Crippen LogP contribution >= 0.6 is 0 Å². The van der Waals surface area contributed by atoms with E-state index in [2.05, 4.69) is 232 Å². The Kier molecular flexibility index (Phi) is 10.6. The molecule has 0 atom stereocenters. The van der Waals surface area contributed by atoms with Crippen molar-refractivity contribution in [2.24, 2.45) is 0 Å². The molecule has 0 amide bonds. The molecule has 0 N–H and O–H groups in total. The first-order valence-electron chi connectivity index (χ1n) is 23.8. The van der Waals surface area contributed by atoms with Crippen LogP contribution in [-0.4, -0.2) is 6.71 Å². The molecule has 0 saturated heterocycles. The van der Waals surface area contributed by atoms with Crippen molar-refractivity contribution in [3.05, 3.63) is 224 Å². The summed E-state index contributed by atoms with van der Waals surface area (Å²) in [5.74, 6) is 0. The lowest BCUT2D eigenvalue weighted by Gasteiger charge is -2.28. The van der Waals surface area contributed by atoms with Crippen molar-refractivity contribution in [3.8, 4) is 22.3 Å². The maximum absolute atomic E-state index is 2.56. The SMILES string of the molecule is Cc1cc(C)c(B(c2ccc3c(c2)C(C)(C)c2cc(CCCc4ccc(N(c5ccccc5)c5ccc6c(c5)C(C)(C)c5ccccc5-6)cc4)ccc2-3)c2c(C)cc(C)cc2C)c(C)c1. The Morgan fingerprint density at radius 2 is 0.831 bits per heavy atom. The van der Waals surface area contributed by atoms with E-state index in [1.54, 1.807) is 0 Å². The van der Waals surface area contributed by atoms with Crippen molar-refractivity contribution in [3.63, 3.8) is 0 Å². The highest BCUT2D eigenvalue weighted by Crippen LogP contribution is 2.51. The maximum atomic E-state index is 2.56. The summed E-state index contributed by atoms with van der Waals surface area (Å²) < 4.78 is 0. The topological polar surface area (TPSA) is 3.24 Å². The minimum Gasteiger partial charge on any atom is -0.310 e. The summed E-state index contributed by atoms with van der Waals surface area (Å²) in [5.41, 5.74) is 29.7. The minimum absolute atomic E-state index is 0.0548. The number of para-hydroxylation sites is 1. The number of fused-ring (bicyclic) bond motifs is 6. The van der Waals surface area contributed by atoms with Crippen molar-refractivity contribution >= 4 is 40.2 Å². The van der Waals surface area contributed by atoms with E-state index in [-0.39, 0.29) is 17.5 Å². The van der Waals surface area contributed by atoms with Gasteiger partial charge in [-0.15, -0.1) is 0 Å². The van der Waals surface area contributed by atoms with Crippen LogP contribution in [0, 0.1) is 41.5 Å². The van der Waals surface area contributed by atoms with Crippen molar-refractivity contribution in [2.75, 3.05) is 4.90 Å². The summed E-state index contributed by atoms with van der Waals surface area (Å²) in [7, 11) is 0. The van der Waals surface area contributed by atoms with Gasteiger partial charge in [0.15, 0.2) is 0 Å². The van der Waals surface area contributed by atoms with E-state index in [4.69, 9.17) is 0 Å². The Balaban J connectivity index is 0.889. The van der Waals surface area contributed by atoms with Gasteiger partial charge in [0, 0.05) is 27.9 Å². The summed E-state index contributed by atoms with van der Waals surface area (Å²) in [6, 6.07) is 60.2. The largest absolute Gasteiger partial charge is 0.310 e. The number of benzene rings is 8. The fourth-order valence-electron chi connectivity index (χ4n) is 12.1. The van der Waals surface area contributed by atoms with Gasteiger partial charge < -0.3 is 4.90 Å². The number of anilines is 3. The van der Waals surface area contributed by atoms with E-state index in [0.29, 0.717) is 0 Å². The number of hydrogen-bond acceptors (Lipinski definition) is 1. The number of rotatable bonds is 10. The lowest BCUT2D eigenvalue weighted by molar-refractivity contribution is 0.659. The van der Waals surface area contributed by atoms with E-state index in [9.17, 15) is 0 Å². The summed E-state index contributed by atoms with van der Waals surface area (Å²) >= 11 is 0. The predicted molar refractivity (Wildman–Crippen MR) is 281 cm³/mol. The molecule has 322 valence electrons. The Morgan fingerprint density at radius 3 is 1.46 bits per heavy atom. The molecule has 2 heteroatoms. The number of hydrogen-bond donors (Lipinski definition) is 0. The van der Waals surface area contributed by atoms with Crippen LogP contribution in [0.15, 0.2) is 158 Å². The molecule has 8 aromatic carbocycles. The lowest BCUT2D eigenvalue weighted by Crippen LogP contribution is -2.56. The van der Waals surface area contributed by atoms with Crippen LogP contribution in [0.4, 0.5) is 17.1 Å². The fourth-order valence-corrected chi connectivity index (χ4v) is 12.1. The van der Waals surface area contributed by atoms with Gasteiger partial charge in [-0.05, 0) is 153 Å². The Bertz CT molecular complexity index is 3030. The van der Waals surface area contributed by atoms with E-state index in [1.807, 2.05) is 0 Å². The van der Waals surface area contributed by atoms with Gasteiger partial charge in [0.1, 0.15) is 0 Å². The normalized spacial score (nSPS) is 13.8. The fraction of sp³-hybridized carbons (Fsp3) is 0.238. The zero-order valence-corrected chi connectivity index (χ0v) is 40.2. The van der Waals surface area contributed by atoms with Gasteiger partial charge in [-0.2, -0.15) is 0 Å². The lowest BCUT2D eigenvalue weighted by atomic mass is 9.34. The maximum Gasteiger partial charge on any atom is 0.242 e. The molecule has 1 nitrogen and oxygen atoms in total. The van der Waals surface area contributed by atoms with Crippen molar-refractivity contribution in [2.45, 2.75) is 99.3 Å². The molecule has 0 spiro atoms. The van der Waals surface area contributed by atoms with Crippen LogP contribution in [0.25, 0.3) is 22.3 Å². The molecular formula is C63H62BN. The molecule has 0 unspecified atom stereocenters. The molecule has 0 heterocycles. The molecule has 2 aliphatic carbocycles. The first-order chi connectivity index (χ1) is 31.2. The van der Waals surface area contributed by atoms with Gasteiger partial charge in [-0.25, -0.2) is 0 Å². The van der Waals surface area contributed by atoms with Crippen LogP contribution in [0.2, 0.25) is 0 Å². The summed E-state index contributed by atoms with van der Waals surface area (Å²) in [6.07, 6.45) is 3.19. The molecule has 0 radical (unpaired) electrons. The highest BCUT2D eigenvalue weighted by molar-refractivity contribution is 6.96. The second kappa shape index (κ2) is 16.3. The van der Waals surface area contributed by atoms with Crippen molar-refractivity contribution < 1.29 is 0 Å². The highest BCUT2D eigenvalue weighted by atomic mass is 15.1. The van der Waals surface area contributed by atoms with E-state index in [1.165, 1.54) is 122 Å². The van der Waals surface area contributed by atoms with Crippen LogP contribution < -0.4 is 21.3 Å². The predicted octanol–water partition coefficient (Wildman–Crippen LogP) is 14.3. The third-order valence-corrected chi connectivity index (χ3v) is 15.1. The molecule has 0 bridgehead atoms. The molecule has 0 aliphatic heterocycles. The van der Waals surface area contributed by atoms with Gasteiger partial charge in [0.05, 0.1) is 0 Å². The average Bonchev–Trinajstić information content (AvgIpc) is 3.64. The summed E-state index contributed by atoms with van der Waals surface area (Å²) in [5, 5.41) is 0. The molecule has 0 aromatic heterocycles. The smallest absolute Gasteiger partial charge is 0.242 e. The van der Waals surface area contributed by atoms with Gasteiger partial charge >= 0.3 is 0 Å². The van der Waals surface area contributed by atoms with E-state index >= 15 is 0 Å². The first-order valence-corrected chi connectivity index (χ1v) is 23.8. The zero-order chi connectivity index (χ0) is 45.4. The minimum atomic E-state index is -0.102. The van der Waals surface area contributed by atoms with Gasteiger partial charge in [-0.1, -0.05) is 199 Å². The molecule has 0 saturated carbocycles. The summed E-state index contributed by atoms with van der Waals surface area (Å²) in [4.78, 5) is 2.41. The average molecular weight is 844 g/mol. The van der Waals surface area contributed by atoms with E-state index < -0.39 is 0 Å². The van der Waals surface area contributed by atoms with Crippen LogP contribution in [-0.2, 0) is 23.7 Å². The van der Waals surface area contributed by atoms with E-state index in [0.717, 1.165) is 19.3 Å². The zero-order valence-electron chi connectivity index (χ0n) is 40.2. The molecule has 0 fully saturated rings.